The van der Waals surface area contributed by atoms with Gasteiger partial charge in [0.2, 0.25) is 5.91 Å². The zero-order valence-electron chi connectivity index (χ0n) is 53.2. The average Bonchev–Trinajstić information content (AvgIpc) is 3.44. The van der Waals surface area contributed by atoms with Crippen LogP contribution in [0.5, 0.6) is 0 Å². The highest BCUT2D eigenvalue weighted by molar-refractivity contribution is 5.76. The van der Waals surface area contributed by atoms with Gasteiger partial charge in [-0.05, 0) is 44.9 Å². The minimum Gasteiger partial charge on any atom is -0.466 e. The number of allylic oxidation sites excluding steroid dienone is 2. The van der Waals surface area contributed by atoms with E-state index in [0.29, 0.717) is 25.9 Å². The molecule has 6 heteroatoms. The molecule has 3 N–H and O–H groups in total. The Morgan fingerprint density at radius 1 is 0.346 bits per heavy atom. The fraction of sp³-hybridized carbons (Fsp3) is 0.944. The molecule has 0 aromatic carbocycles. The van der Waals surface area contributed by atoms with Gasteiger partial charge in [-0.25, -0.2) is 0 Å². The molecule has 0 heterocycles. The Morgan fingerprint density at radius 3 is 0.949 bits per heavy atom. The highest BCUT2D eigenvalue weighted by atomic mass is 16.5. The van der Waals surface area contributed by atoms with E-state index in [1.165, 1.54) is 334 Å². The first-order chi connectivity index (χ1) is 38.5. The number of aliphatic hydroxyl groups is 2. The molecule has 0 spiro atoms. The van der Waals surface area contributed by atoms with Crippen molar-refractivity contribution in [3.63, 3.8) is 0 Å². The molecule has 0 aromatic rings. The summed E-state index contributed by atoms with van der Waals surface area (Å²) in [6.45, 7) is 4.96. The number of esters is 1. The zero-order chi connectivity index (χ0) is 56.4. The molecule has 0 saturated carbocycles. The zero-order valence-corrected chi connectivity index (χ0v) is 53.2. The average molecular weight is 1100 g/mol. The van der Waals surface area contributed by atoms with Crippen molar-refractivity contribution >= 4 is 11.9 Å². The lowest BCUT2D eigenvalue weighted by molar-refractivity contribution is -0.143. The van der Waals surface area contributed by atoms with Crippen LogP contribution in [0.2, 0.25) is 0 Å². The van der Waals surface area contributed by atoms with E-state index in [4.69, 9.17) is 4.74 Å². The van der Waals surface area contributed by atoms with Crippen molar-refractivity contribution in [3.8, 4) is 0 Å². The molecule has 78 heavy (non-hydrogen) atoms. The smallest absolute Gasteiger partial charge is 0.305 e. The van der Waals surface area contributed by atoms with Crippen molar-refractivity contribution in [2.45, 2.75) is 424 Å². The number of rotatable bonds is 68. The van der Waals surface area contributed by atoms with Crippen LogP contribution >= 0.6 is 0 Å². The van der Waals surface area contributed by atoms with E-state index in [1.54, 1.807) is 0 Å². The van der Waals surface area contributed by atoms with Gasteiger partial charge in [0.1, 0.15) is 0 Å². The van der Waals surface area contributed by atoms with Crippen LogP contribution in [0.4, 0.5) is 0 Å². The molecule has 2 atom stereocenters. The Hall–Kier alpha value is -1.40. The fourth-order valence-electron chi connectivity index (χ4n) is 11.6. The molecule has 0 aliphatic heterocycles. The standard InChI is InChI=1S/C72H141NO5/c1-3-5-7-9-11-13-15-16-17-18-19-20-21-23-26-29-32-35-38-41-45-48-52-56-60-64-70(75)69(68-74)73-71(76)65-61-57-53-49-46-42-39-36-33-30-27-24-22-25-28-31-34-37-40-43-47-51-55-59-63-67-78-72(77)66-62-58-54-50-44-14-12-10-8-6-4-2/h10,12,69-70,74-75H,3-9,11,13-68H2,1-2H3,(H,73,76)/b12-10-. The number of hydrogen-bond acceptors (Lipinski definition) is 5. The van der Waals surface area contributed by atoms with E-state index in [1.807, 2.05) is 0 Å². The van der Waals surface area contributed by atoms with Gasteiger partial charge in [-0.2, -0.15) is 0 Å². The summed E-state index contributed by atoms with van der Waals surface area (Å²) in [4.78, 5) is 24.6. The minimum atomic E-state index is -0.664. The molecule has 0 rings (SSSR count). The number of nitrogens with one attached hydrogen (secondary N) is 1. The Kier molecular flexibility index (Phi) is 66.9. The second-order valence-corrected chi connectivity index (χ2v) is 24.9. The number of amides is 1. The van der Waals surface area contributed by atoms with Gasteiger partial charge in [0.15, 0.2) is 0 Å². The number of aliphatic hydroxyl groups excluding tert-OH is 2. The summed E-state index contributed by atoms with van der Waals surface area (Å²) >= 11 is 0. The topological polar surface area (TPSA) is 95.9 Å². The van der Waals surface area contributed by atoms with Crippen molar-refractivity contribution in [2.75, 3.05) is 13.2 Å². The maximum Gasteiger partial charge on any atom is 0.305 e. The molecular formula is C72H141NO5. The maximum absolute atomic E-state index is 12.6. The third kappa shape index (κ3) is 63.8. The molecule has 0 radical (unpaired) electrons. The molecular weight excluding hydrogens is 959 g/mol. The van der Waals surface area contributed by atoms with Crippen molar-refractivity contribution in [2.24, 2.45) is 0 Å². The van der Waals surface area contributed by atoms with Gasteiger partial charge in [0.25, 0.3) is 0 Å². The molecule has 0 fully saturated rings. The summed E-state index contributed by atoms with van der Waals surface area (Å²) in [5.74, 6) is -0.0213. The van der Waals surface area contributed by atoms with Crippen LogP contribution in [0.3, 0.4) is 0 Å². The van der Waals surface area contributed by atoms with E-state index < -0.39 is 12.1 Å². The van der Waals surface area contributed by atoms with Crippen LogP contribution < -0.4 is 5.32 Å². The van der Waals surface area contributed by atoms with Crippen LogP contribution in [-0.4, -0.2) is 47.4 Å². The molecule has 0 aliphatic carbocycles. The number of carbonyl (C=O) groups is 2. The number of ether oxygens (including phenoxy) is 1. The SMILES string of the molecule is CCCC/C=C\CCCCCCCC(=O)OCCCCCCCCCCCCCCCCCCCCCCCCCCCC(=O)NC(CO)C(O)CCCCCCCCCCCCCCCCCCCCCCCCCCC. The molecule has 2 unspecified atom stereocenters. The molecule has 0 bridgehead atoms. The molecule has 6 nitrogen and oxygen atoms in total. The fourth-order valence-corrected chi connectivity index (χ4v) is 11.6. The van der Waals surface area contributed by atoms with Gasteiger partial charge in [-0.15, -0.1) is 0 Å². The van der Waals surface area contributed by atoms with E-state index in [9.17, 15) is 19.8 Å². The predicted molar refractivity (Wildman–Crippen MR) is 343 cm³/mol. The monoisotopic (exact) mass is 1100 g/mol. The van der Waals surface area contributed by atoms with Crippen LogP contribution in [0.15, 0.2) is 12.2 Å². The summed E-state index contributed by atoms with van der Waals surface area (Å²) in [6, 6.07) is -0.541. The lowest BCUT2D eigenvalue weighted by Gasteiger charge is -2.22. The Balaban J connectivity index is 3.36. The van der Waals surface area contributed by atoms with Gasteiger partial charge in [0, 0.05) is 12.8 Å². The molecule has 0 aliphatic rings. The first kappa shape index (κ1) is 76.6. The Bertz CT molecular complexity index is 1180. The third-order valence-corrected chi connectivity index (χ3v) is 17.1. The molecule has 0 aromatic heterocycles. The normalized spacial score (nSPS) is 12.5. The lowest BCUT2D eigenvalue weighted by atomic mass is 10.0. The van der Waals surface area contributed by atoms with Crippen LogP contribution in [-0.2, 0) is 14.3 Å². The van der Waals surface area contributed by atoms with E-state index in [2.05, 4.69) is 31.3 Å². The van der Waals surface area contributed by atoms with Crippen LogP contribution in [0, 0.1) is 0 Å². The highest BCUT2D eigenvalue weighted by Gasteiger charge is 2.20. The number of unbranched alkanes of at least 4 members (excludes halogenated alkanes) is 55. The highest BCUT2D eigenvalue weighted by Crippen LogP contribution is 2.20. The number of hydrogen-bond donors (Lipinski definition) is 3. The molecule has 0 saturated heterocycles. The first-order valence-electron chi connectivity index (χ1n) is 35.9. The van der Waals surface area contributed by atoms with Crippen molar-refractivity contribution < 1.29 is 24.5 Å². The van der Waals surface area contributed by atoms with Crippen molar-refractivity contribution in [3.05, 3.63) is 12.2 Å². The quantitative estimate of drug-likeness (QED) is 0.0320. The summed E-state index contributed by atoms with van der Waals surface area (Å²) in [5.41, 5.74) is 0. The second-order valence-electron chi connectivity index (χ2n) is 24.9. The van der Waals surface area contributed by atoms with E-state index >= 15 is 0 Å². The number of carbonyl (C=O) groups excluding carboxylic acids is 2. The summed E-state index contributed by atoms with van der Waals surface area (Å²) < 4.78 is 5.47. The summed E-state index contributed by atoms with van der Waals surface area (Å²) in [5, 5.41) is 23.5. The third-order valence-electron chi connectivity index (χ3n) is 17.1. The van der Waals surface area contributed by atoms with Gasteiger partial charge in [-0.1, -0.05) is 366 Å². The summed E-state index contributed by atoms with van der Waals surface area (Å²) in [6.07, 6.45) is 84.1. The van der Waals surface area contributed by atoms with E-state index in [0.717, 1.165) is 44.9 Å². The van der Waals surface area contributed by atoms with Gasteiger partial charge < -0.3 is 20.3 Å². The summed E-state index contributed by atoms with van der Waals surface area (Å²) in [7, 11) is 0. The van der Waals surface area contributed by atoms with Crippen LogP contribution in [0.1, 0.15) is 412 Å². The minimum absolute atomic E-state index is 0.00640. The lowest BCUT2D eigenvalue weighted by Crippen LogP contribution is -2.45. The van der Waals surface area contributed by atoms with Crippen molar-refractivity contribution in [1.82, 2.24) is 5.32 Å². The second kappa shape index (κ2) is 68.1. The van der Waals surface area contributed by atoms with Gasteiger partial charge in [-0.3, -0.25) is 9.59 Å². The maximum atomic E-state index is 12.6. The molecule has 1 amide bonds. The van der Waals surface area contributed by atoms with Crippen molar-refractivity contribution in [1.29, 1.82) is 0 Å². The van der Waals surface area contributed by atoms with Gasteiger partial charge in [0.05, 0.1) is 25.4 Å². The van der Waals surface area contributed by atoms with Gasteiger partial charge >= 0.3 is 5.97 Å². The predicted octanol–water partition coefficient (Wildman–Crippen LogP) is 23.1. The largest absolute Gasteiger partial charge is 0.466 e. The van der Waals surface area contributed by atoms with Crippen LogP contribution in [0.25, 0.3) is 0 Å². The van der Waals surface area contributed by atoms with E-state index in [-0.39, 0.29) is 18.5 Å². The molecule has 464 valence electrons. The first-order valence-corrected chi connectivity index (χ1v) is 35.9. The Morgan fingerprint density at radius 2 is 0.615 bits per heavy atom. The Labute approximate surface area is 489 Å².